The van der Waals surface area contributed by atoms with Gasteiger partial charge in [-0.25, -0.2) is 18.4 Å². The lowest BCUT2D eigenvalue weighted by Gasteiger charge is -2.30. The Balaban J connectivity index is 1.43. The second kappa shape index (κ2) is 9.58. The van der Waals surface area contributed by atoms with E-state index in [0.29, 0.717) is 17.1 Å². The van der Waals surface area contributed by atoms with Gasteiger partial charge in [0, 0.05) is 24.2 Å². The molecule has 7 nitrogen and oxygen atoms in total. The van der Waals surface area contributed by atoms with Gasteiger partial charge in [0.15, 0.2) is 5.82 Å². The molecule has 8 heteroatoms. The molecule has 1 N–H and O–H groups in total. The summed E-state index contributed by atoms with van der Waals surface area (Å²) in [6.07, 6.45) is 8.15. The third kappa shape index (κ3) is 4.87. The molecule has 0 atom stereocenters. The number of aromatic nitrogens is 2. The number of hydrogen-bond donors (Lipinski definition) is 1. The quantitative estimate of drug-likeness (QED) is 0.603. The molecule has 1 fully saturated rings. The molecule has 1 aromatic heterocycles. The van der Waals surface area contributed by atoms with Crippen LogP contribution in [0, 0.1) is 0 Å². The smallest absolute Gasteiger partial charge is 0.255 e. The van der Waals surface area contributed by atoms with Crippen molar-refractivity contribution < 1.29 is 13.2 Å². The number of rotatable bonds is 6. The van der Waals surface area contributed by atoms with E-state index in [4.69, 9.17) is 0 Å². The molecule has 166 valence electrons. The number of hydrogen-bond acceptors (Lipinski definition) is 5. The Hall–Kier alpha value is -3.10. The van der Waals surface area contributed by atoms with Crippen LogP contribution in [0.15, 0.2) is 71.9 Å². The van der Waals surface area contributed by atoms with Crippen molar-refractivity contribution in [3.63, 3.8) is 0 Å². The van der Waals surface area contributed by atoms with E-state index in [9.17, 15) is 13.2 Å². The van der Waals surface area contributed by atoms with Crippen molar-refractivity contribution in [3.8, 4) is 11.4 Å². The fraction of sp³-hybridized carbons (Fsp3) is 0.292. The lowest BCUT2D eigenvalue weighted by molar-refractivity contribution is 0.102. The number of nitrogens with zero attached hydrogens (tertiary/aromatic N) is 3. The van der Waals surface area contributed by atoms with Gasteiger partial charge in [0.05, 0.1) is 23.0 Å². The number of benzene rings is 2. The van der Waals surface area contributed by atoms with Gasteiger partial charge in [0.1, 0.15) is 0 Å². The van der Waals surface area contributed by atoms with Crippen LogP contribution >= 0.6 is 0 Å². The molecule has 0 unspecified atom stereocenters. The number of carbonyl (C=O) groups is 1. The van der Waals surface area contributed by atoms with Gasteiger partial charge in [-0.1, -0.05) is 49.6 Å². The largest absolute Gasteiger partial charge is 0.319 e. The van der Waals surface area contributed by atoms with E-state index in [1.807, 2.05) is 30.3 Å². The molecule has 4 rings (SSSR count). The molecule has 0 aliphatic heterocycles. The average Bonchev–Trinajstić information content (AvgIpc) is 2.85. The summed E-state index contributed by atoms with van der Waals surface area (Å²) in [6, 6.07) is 15.6. The molecule has 0 bridgehead atoms. The van der Waals surface area contributed by atoms with Gasteiger partial charge in [-0.2, -0.15) is 4.31 Å². The minimum atomic E-state index is -3.59. The number of carbonyl (C=O) groups excluding carboxylic acids is 1. The van der Waals surface area contributed by atoms with Crippen molar-refractivity contribution in [2.45, 2.75) is 43.0 Å². The van der Waals surface area contributed by atoms with Crippen LogP contribution in [0.2, 0.25) is 0 Å². The molecule has 3 aromatic rings. The Morgan fingerprint density at radius 2 is 1.56 bits per heavy atom. The molecule has 1 aliphatic carbocycles. The SMILES string of the molecule is CN(C1CCCCC1)S(=O)(=O)c1ccc(C(=O)Nc2cnc(-c3ccccc3)nc2)cc1. The Kier molecular flexibility index (Phi) is 6.62. The fourth-order valence-electron chi connectivity index (χ4n) is 3.92. The van der Waals surface area contributed by atoms with Gasteiger partial charge in [-0.3, -0.25) is 4.79 Å². The highest BCUT2D eigenvalue weighted by Gasteiger charge is 2.29. The fourth-order valence-corrected chi connectivity index (χ4v) is 5.33. The van der Waals surface area contributed by atoms with Crippen LogP contribution in [-0.2, 0) is 10.0 Å². The van der Waals surface area contributed by atoms with Gasteiger partial charge in [-0.05, 0) is 37.1 Å². The first-order valence-corrected chi connectivity index (χ1v) is 12.2. The highest BCUT2D eigenvalue weighted by Crippen LogP contribution is 2.26. The minimum absolute atomic E-state index is 0.0376. The Morgan fingerprint density at radius 1 is 0.938 bits per heavy atom. The highest BCUT2D eigenvalue weighted by molar-refractivity contribution is 7.89. The molecule has 0 saturated heterocycles. The summed E-state index contributed by atoms with van der Waals surface area (Å²) in [5, 5.41) is 2.75. The standard InChI is InChI=1S/C24H26N4O3S/c1-28(21-10-6-3-7-11-21)32(30,31)22-14-12-19(13-15-22)24(29)27-20-16-25-23(26-17-20)18-8-4-2-5-9-18/h2,4-5,8-9,12-17,21H,3,6-7,10-11H2,1H3,(H,27,29). The third-order valence-electron chi connectivity index (χ3n) is 5.82. The van der Waals surface area contributed by atoms with E-state index >= 15 is 0 Å². The van der Waals surface area contributed by atoms with Gasteiger partial charge in [0.2, 0.25) is 10.0 Å². The topological polar surface area (TPSA) is 92.3 Å². The lowest BCUT2D eigenvalue weighted by Crippen LogP contribution is -2.38. The zero-order valence-electron chi connectivity index (χ0n) is 17.9. The molecule has 1 heterocycles. The van der Waals surface area contributed by atoms with Crippen molar-refractivity contribution >= 4 is 21.6 Å². The Labute approximate surface area is 188 Å². The normalized spacial score (nSPS) is 14.9. The van der Waals surface area contributed by atoms with Crippen molar-refractivity contribution in [2.75, 3.05) is 12.4 Å². The summed E-state index contributed by atoms with van der Waals surface area (Å²) in [4.78, 5) is 21.4. The maximum Gasteiger partial charge on any atom is 0.255 e. The first-order chi connectivity index (χ1) is 15.4. The maximum atomic E-state index is 13.0. The highest BCUT2D eigenvalue weighted by atomic mass is 32.2. The summed E-state index contributed by atoms with van der Waals surface area (Å²) in [7, 11) is -1.95. The van der Waals surface area contributed by atoms with Crippen molar-refractivity contribution in [3.05, 3.63) is 72.6 Å². The number of sulfonamides is 1. The molecular weight excluding hydrogens is 424 g/mol. The van der Waals surface area contributed by atoms with Crippen LogP contribution in [0.4, 0.5) is 5.69 Å². The van der Waals surface area contributed by atoms with Crippen molar-refractivity contribution in [1.29, 1.82) is 0 Å². The van der Waals surface area contributed by atoms with Crippen LogP contribution in [-0.4, -0.2) is 41.7 Å². The number of nitrogens with one attached hydrogen (secondary N) is 1. The van der Waals surface area contributed by atoms with E-state index in [1.165, 1.54) is 28.6 Å². The minimum Gasteiger partial charge on any atom is -0.319 e. The van der Waals surface area contributed by atoms with E-state index in [-0.39, 0.29) is 16.8 Å². The summed E-state index contributed by atoms with van der Waals surface area (Å²) in [5.41, 5.74) is 1.71. The lowest BCUT2D eigenvalue weighted by atomic mass is 9.96. The first-order valence-electron chi connectivity index (χ1n) is 10.7. The van der Waals surface area contributed by atoms with Gasteiger partial charge >= 0.3 is 0 Å². The average molecular weight is 451 g/mol. The van der Waals surface area contributed by atoms with Gasteiger partial charge in [0.25, 0.3) is 5.91 Å². The molecule has 32 heavy (non-hydrogen) atoms. The van der Waals surface area contributed by atoms with E-state index in [0.717, 1.165) is 37.7 Å². The second-order valence-electron chi connectivity index (χ2n) is 7.95. The molecule has 0 spiro atoms. The van der Waals surface area contributed by atoms with Crippen LogP contribution in [0.3, 0.4) is 0 Å². The summed E-state index contributed by atoms with van der Waals surface area (Å²) >= 11 is 0. The van der Waals surface area contributed by atoms with Crippen molar-refractivity contribution in [1.82, 2.24) is 14.3 Å². The second-order valence-corrected chi connectivity index (χ2v) is 9.95. The number of anilines is 1. The molecule has 0 radical (unpaired) electrons. The molecule has 1 aliphatic rings. The third-order valence-corrected chi connectivity index (χ3v) is 7.75. The first kappa shape index (κ1) is 22.1. The maximum absolute atomic E-state index is 13.0. The predicted molar refractivity (Wildman–Crippen MR) is 124 cm³/mol. The van der Waals surface area contributed by atoms with Crippen LogP contribution in [0.25, 0.3) is 11.4 Å². The van der Waals surface area contributed by atoms with Crippen LogP contribution in [0.1, 0.15) is 42.5 Å². The Bertz CT molecular complexity index is 1160. The zero-order valence-corrected chi connectivity index (χ0v) is 18.8. The molecule has 1 amide bonds. The Morgan fingerprint density at radius 3 is 2.19 bits per heavy atom. The van der Waals surface area contributed by atoms with Crippen LogP contribution in [0.5, 0.6) is 0 Å². The van der Waals surface area contributed by atoms with Gasteiger partial charge in [-0.15, -0.1) is 0 Å². The van der Waals surface area contributed by atoms with Crippen molar-refractivity contribution in [2.24, 2.45) is 0 Å². The number of amides is 1. The van der Waals surface area contributed by atoms with Crippen LogP contribution < -0.4 is 5.32 Å². The predicted octanol–water partition coefficient (Wildman–Crippen LogP) is 4.35. The zero-order chi connectivity index (χ0) is 22.6. The molecular formula is C24H26N4O3S. The van der Waals surface area contributed by atoms with E-state index < -0.39 is 10.0 Å². The summed E-state index contributed by atoms with van der Waals surface area (Å²) < 4.78 is 27.4. The van der Waals surface area contributed by atoms with E-state index in [1.54, 1.807) is 19.4 Å². The van der Waals surface area contributed by atoms with E-state index in [2.05, 4.69) is 15.3 Å². The monoisotopic (exact) mass is 450 g/mol. The summed E-state index contributed by atoms with van der Waals surface area (Å²) in [6.45, 7) is 0. The summed E-state index contributed by atoms with van der Waals surface area (Å²) in [5.74, 6) is 0.214. The molecule has 1 saturated carbocycles. The van der Waals surface area contributed by atoms with Gasteiger partial charge < -0.3 is 5.32 Å². The molecule has 2 aromatic carbocycles.